The molecule has 0 N–H and O–H groups in total. The zero-order valence-corrected chi connectivity index (χ0v) is 15.4. The third-order valence-electron chi connectivity index (χ3n) is 4.28. The minimum atomic E-state index is -3.86. The monoisotopic (exact) mass is 408 g/mol. The Bertz CT molecular complexity index is 1050. The highest BCUT2D eigenvalue weighted by Crippen LogP contribution is 2.40. The largest absolute Gasteiger partial charge is 0.459 e. The van der Waals surface area contributed by atoms with Crippen molar-refractivity contribution in [3.05, 3.63) is 58.5 Å². The van der Waals surface area contributed by atoms with Crippen LogP contribution in [0.2, 0.25) is 0 Å². The van der Waals surface area contributed by atoms with Crippen LogP contribution in [0.3, 0.4) is 0 Å². The van der Waals surface area contributed by atoms with Crippen LogP contribution in [0.15, 0.2) is 47.4 Å². The lowest BCUT2D eigenvalue weighted by atomic mass is 10.1. The third-order valence-corrected chi connectivity index (χ3v) is 4.85. The standard InChI is InChI=1S/C17H16N2O8S/c1-28(22,23)27-13-11(9-24-16(21)10-5-3-2-4-6-10)25-15-14(13)26-17-18-12(20)7-8-19(15)17/h2-8,11,13-15H,9H2,1H3/t11-,13+,14-,15-/m1/s1. The number of carbonyl (C=O) groups is 1. The summed E-state index contributed by atoms with van der Waals surface area (Å²) in [6, 6.07) is 9.58. The Labute approximate surface area is 159 Å². The van der Waals surface area contributed by atoms with E-state index in [-0.39, 0.29) is 12.6 Å². The van der Waals surface area contributed by atoms with E-state index in [0.29, 0.717) is 5.56 Å². The highest BCUT2D eigenvalue weighted by molar-refractivity contribution is 7.86. The minimum absolute atomic E-state index is 0.00401. The molecule has 4 atom stereocenters. The van der Waals surface area contributed by atoms with Gasteiger partial charge in [-0.1, -0.05) is 18.2 Å². The van der Waals surface area contributed by atoms with Crippen molar-refractivity contribution >= 4 is 16.1 Å². The number of rotatable bonds is 5. The molecule has 10 nitrogen and oxygen atoms in total. The highest BCUT2D eigenvalue weighted by Gasteiger charge is 2.54. The van der Waals surface area contributed by atoms with Gasteiger partial charge in [-0.05, 0) is 12.1 Å². The molecule has 0 unspecified atom stereocenters. The van der Waals surface area contributed by atoms with Crippen LogP contribution in [0.5, 0.6) is 6.01 Å². The minimum Gasteiger partial charge on any atom is -0.459 e. The zero-order chi connectivity index (χ0) is 19.9. The van der Waals surface area contributed by atoms with Crippen LogP contribution >= 0.6 is 0 Å². The first kappa shape index (κ1) is 18.6. The lowest BCUT2D eigenvalue weighted by molar-refractivity contribution is -0.0466. The van der Waals surface area contributed by atoms with E-state index in [0.717, 1.165) is 6.26 Å². The quantitative estimate of drug-likeness (QED) is 0.501. The molecule has 2 aliphatic rings. The molecule has 0 aliphatic carbocycles. The first-order valence-corrected chi connectivity index (χ1v) is 10.2. The maximum absolute atomic E-state index is 12.2. The topological polar surface area (TPSA) is 123 Å². The van der Waals surface area contributed by atoms with Crippen molar-refractivity contribution in [2.24, 2.45) is 0 Å². The van der Waals surface area contributed by atoms with E-state index >= 15 is 0 Å². The van der Waals surface area contributed by atoms with Gasteiger partial charge < -0.3 is 14.2 Å². The van der Waals surface area contributed by atoms with Gasteiger partial charge in [0, 0.05) is 12.3 Å². The molecule has 0 saturated carbocycles. The van der Waals surface area contributed by atoms with Crippen LogP contribution in [0.25, 0.3) is 0 Å². The van der Waals surface area contributed by atoms with Crippen LogP contribution < -0.4 is 10.3 Å². The van der Waals surface area contributed by atoms with Crippen LogP contribution in [-0.2, 0) is 23.8 Å². The number of ether oxygens (including phenoxy) is 3. The van der Waals surface area contributed by atoms with Gasteiger partial charge in [0.1, 0.15) is 18.8 Å². The van der Waals surface area contributed by atoms with Gasteiger partial charge in [-0.15, -0.1) is 0 Å². The van der Waals surface area contributed by atoms with E-state index in [9.17, 15) is 18.0 Å². The van der Waals surface area contributed by atoms with E-state index in [2.05, 4.69) is 4.98 Å². The zero-order valence-electron chi connectivity index (χ0n) is 14.6. The molecular weight excluding hydrogens is 392 g/mol. The highest BCUT2D eigenvalue weighted by atomic mass is 32.2. The number of esters is 1. The van der Waals surface area contributed by atoms with Crippen LogP contribution in [0.1, 0.15) is 16.6 Å². The normalized spacial score (nSPS) is 25.6. The summed E-state index contributed by atoms with van der Waals surface area (Å²) in [5.74, 6) is -0.578. The van der Waals surface area contributed by atoms with E-state index in [4.69, 9.17) is 18.4 Å². The fourth-order valence-electron chi connectivity index (χ4n) is 3.12. The van der Waals surface area contributed by atoms with Crippen LogP contribution in [0.4, 0.5) is 0 Å². The molecule has 2 aromatic rings. The second-order valence-electron chi connectivity index (χ2n) is 6.33. The van der Waals surface area contributed by atoms with Gasteiger partial charge in [-0.3, -0.25) is 13.5 Å². The Kier molecular flexibility index (Phi) is 4.65. The van der Waals surface area contributed by atoms with Crippen LogP contribution in [-0.4, -0.2) is 55.1 Å². The average Bonchev–Trinajstić information content (AvgIpc) is 3.15. The molecule has 1 aromatic heterocycles. The molecule has 11 heteroatoms. The number of hydrogen-bond acceptors (Lipinski definition) is 9. The molecule has 0 bridgehead atoms. The van der Waals surface area contributed by atoms with Crippen LogP contribution in [0, 0.1) is 0 Å². The molecule has 1 fully saturated rings. The first-order chi connectivity index (χ1) is 13.3. The van der Waals surface area contributed by atoms with Crippen molar-refractivity contribution < 1.29 is 31.6 Å². The van der Waals surface area contributed by atoms with E-state index in [1.807, 2.05) is 0 Å². The number of benzene rings is 1. The summed E-state index contributed by atoms with van der Waals surface area (Å²) >= 11 is 0. The van der Waals surface area contributed by atoms with E-state index < -0.39 is 46.2 Å². The van der Waals surface area contributed by atoms with Crippen molar-refractivity contribution in [2.75, 3.05) is 12.9 Å². The Hall–Kier alpha value is -2.76. The van der Waals surface area contributed by atoms with Crippen molar-refractivity contribution in [1.29, 1.82) is 0 Å². The summed E-state index contributed by atoms with van der Waals surface area (Å²) in [5.41, 5.74) is -0.149. The maximum atomic E-state index is 12.2. The molecule has 3 heterocycles. The lowest BCUT2D eigenvalue weighted by Crippen LogP contribution is -2.40. The number of aromatic nitrogens is 2. The predicted octanol–water partition coefficient (Wildman–Crippen LogP) is 0.104. The molecule has 148 valence electrons. The molecule has 2 aliphatic heterocycles. The Morgan fingerprint density at radius 3 is 2.71 bits per heavy atom. The Morgan fingerprint density at radius 1 is 1.25 bits per heavy atom. The summed E-state index contributed by atoms with van der Waals surface area (Å²) in [5, 5.41) is 0. The smallest absolute Gasteiger partial charge is 0.338 e. The second kappa shape index (κ2) is 7.00. The number of carbonyl (C=O) groups excluding carboxylic acids is 1. The number of hydrogen-bond donors (Lipinski definition) is 0. The van der Waals surface area contributed by atoms with E-state index in [1.54, 1.807) is 30.3 Å². The molecule has 0 radical (unpaired) electrons. The van der Waals surface area contributed by atoms with Gasteiger partial charge in [0.05, 0.1) is 11.8 Å². The van der Waals surface area contributed by atoms with Gasteiger partial charge in [-0.2, -0.15) is 13.4 Å². The summed E-state index contributed by atoms with van der Waals surface area (Å²) in [7, 11) is -3.86. The van der Waals surface area contributed by atoms with Crippen molar-refractivity contribution in [2.45, 2.75) is 24.5 Å². The second-order valence-corrected chi connectivity index (χ2v) is 7.93. The van der Waals surface area contributed by atoms with Crippen molar-refractivity contribution in [1.82, 2.24) is 9.55 Å². The molecule has 0 spiro atoms. The summed E-state index contributed by atoms with van der Waals surface area (Å²) < 4.78 is 46.7. The molecule has 4 rings (SSSR count). The number of nitrogens with zero attached hydrogens (tertiary/aromatic N) is 2. The average molecular weight is 408 g/mol. The fourth-order valence-corrected chi connectivity index (χ4v) is 3.76. The number of fused-ring (bicyclic) bond motifs is 3. The summed E-state index contributed by atoms with van der Waals surface area (Å²) in [4.78, 5) is 27.3. The third kappa shape index (κ3) is 3.63. The van der Waals surface area contributed by atoms with Gasteiger partial charge in [0.2, 0.25) is 0 Å². The Balaban J connectivity index is 1.54. The lowest BCUT2D eigenvalue weighted by Gasteiger charge is -2.20. The summed E-state index contributed by atoms with van der Waals surface area (Å²) in [6.07, 6.45) is -1.29. The fraction of sp³-hybridized carbons (Fsp3) is 0.353. The predicted molar refractivity (Wildman–Crippen MR) is 93.3 cm³/mol. The SMILES string of the molecule is CS(=O)(=O)O[C@@H]1[C@H]2Oc3nc(=O)ccn3[C@@H]2O[C@@H]1COC(=O)c1ccccc1. The van der Waals surface area contributed by atoms with E-state index in [1.165, 1.54) is 16.8 Å². The molecule has 28 heavy (non-hydrogen) atoms. The van der Waals surface area contributed by atoms with Crippen molar-refractivity contribution in [3.63, 3.8) is 0 Å². The maximum Gasteiger partial charge on any atom is 0.338 e. The van der Waals surface area contributed by atoms with Gasteiger partial charge in [0.15, 0.2) is 12.3 Å². The molecule has 1 aromatic carbocycles. The van der Waals surface area contributed by atoms with Gasteiger partial charge in [0.25, 0.3) is 15.7 Å². The first-order valence-electron chi connectivity index (χ1n) is 8.33. The Morgan fingerprint density at radius 2 is 2.00 bits per heavy atom. The molecule has 1 saturated heterocycles. The molecule has 0 amide bonds. The molecular formula is C17H16N2O8S. The summed E-state index contributed by atoms with van der Waals surface area (Å²) in [6.45, 7) is -0.243. The van der Waals surface area contributed by atoms with Gasteiger partial charge in [-0.25, -0.2) is 4.79 Å². The van der Waals surface area contributed by atoms with Gasteiger partial charge >= 0.3 is 12.0 Å². The van der Waals surface area contributed by atoms with Crippen molar-refractivity contribution in [3.8, 4) is 6.01 Å².